The standard InChI is InChI=1S/C31H49N5O8S2/c37-28(14-7-4-2-1-3-5-12-22-44-46(42,43)25-18-16-24(17-19-25)36(40)41)32-20-10-6-11-21-33-29(38)15-9-8-13-27-30-26(23-45-27)34-31(39)35-30/h16-19,26-27,30H,1-15,20-23H2,(H,32,37)(H,33,38)(H2,34,35,39)/t26-,27-,30-/m0/s1. The molecule has 1 aromatic carbocycles. The zero-order chi connectivity index (χ0) is 33.2. The second-order valence-electron chi connectivity index (χ2n) is 11.9. The first kappa shape index (κ1) is 37.5. The van der Waals surface area contributed by atoms with Crippen molar-refractivity contribution in [3.05, 3.63) is 34.4 Å². The van der Waals surface area contributed by atoms with Gasteiger partial charge < -0.3 is 21.3 Å². The largest absolute Gasteiger partial charge is 0.356 e. The Hall–Kier alpha value is -2.91. The van der Waals surface area contributed by atoms with Crippen molar-refractivity contribution in [2.75, 3.05) is 25.4 Å². The first-order chi connectivity index (χ1) is 22.2. The lowest BCUT2D eigenvalue weighted by molar-refractivity contribution is -0.384. The number of non-ortho nitro benzene ring substituents is 1. The number of nitro groups is 1. The van der Waals surface area contributed by atoms with Crippen LogP contribution in [0.2, 0.25) is 0 Å². The highest BCUT2D eigenvalue weighted by Crippen LogP contribution is 2.33. The maximum absolute atomic E-state index is 12.2. The van der Waals surface area contributed by atoms with E-state index in [1.54, 1.807) is 0 Å². The fourth-order valence-electron chi connectivity index (χ4n) is 5.58. The van der Waals surface area contributed by atoms with Crippen molar-refractivity contribution in [2.45, 2.75) is 119 Å². The van der Waals surface area contributed by atoms with Crippen LogP contribution in [0.3, 0.4) is 0 Å². The molecule has 1 aromatic rings. The number of hydrogen-bond donors (Lipinski definition) is 4. The molecule has 2 saturated heterocycles. The highest BCUT2D eigenvalue weighted by Gasteiger charge is 2.42. The minimum Gasteiger partial charge on any atom is -0.356 e. The smallest absolute Gasteiger partial charge is 0.315 e. The highest BCUT2D eigenvalue weighted by molar-refractivity contribution is 8.00. The van der Waals surface area contributed by atoms with Gasteiger partial charge in [0.15, 0.2) is 0 Å². The molecule has 258 valence electrons. The summed E-state index contributed by atoms with van der Waals surface area (Å²) in [5.41, 5.74) is -0.179. The lowest BCUT2D eigenvalue weighted by atomic mass is 10.0. The fourth-order valence-corrected chi connectivity index (χ4v) is 8.06. The second kappa shape index (κ2) is 20.4. The average molecular weight is 684 g/mol. The van der Waals surface area contributed by atoms with Crippen LogP contribution in [0.1, 0.15) is 96.3 Å². The van der Waals surface area contributed by atoms with Crippen LogP contribution < -0.4 is 21.3 Å². The molecule has 4 amide bonds. The number of nitrogens with one attached hydrogen (secondary N) is 4. The van der Waals surface area contributed by atoms with Gasteiger partial charge in [-0.25, -0.2) is 4.79 Å². The molecule has 2 aliphatic heterocycles. The summed E-state index contributed by atoms with van der Waals surface area (Å²) in [6.45, 7) is 1.37. The lowest BCUT2D eigenvalue weighted by Crippen LogP contribution is -2.36. The van der Waals surface area contributed by atoms with Crippen LogP contribution in [0.4, 0.5) is 10.5 Å². The van der Waals surface area contributed by atoms with E-state index in [1.165, 1.54) is 12.1 Å². The summed E-state index contributed by atoms with van der Waals surface area (Å²) in [5.74, 6) is 1.11. The number of fused-ring (bicyclic) bond motifs is 1. The Morgan fingerprint density at radius 1 is 0.848 bits per heavy atom. The van der Waals surface area contributed by atoms with Crippen LogP contribution in [0.5, 0.6) is 0 Å². The number of benzene rings is 1. The molecule has 4 N–H and O–H groups in total. The zero-order valence-corrected chi connectivity index (χ0v) is 28.1. The van der Waals surface area contributed by atoms with Gasteiger partial charge in [0.05, 0.1) is 28.5 Å². The van der Waals surface area contributed by atoms with E-state index in [4.69, 9.17) is 4.18 Å². The summed E-state index contributed by atoms with van der Waals surface area (Å²) < 4.78 is 29.4. The van der Waals surface area contributed by atoms with Crippen LogP contribution >= 0.6 is 11.8 Å². The minimum atomic E-state index is -3.93. The number of nitrogens with zero attached hydrogens (tertiary/aromatic N) is 1. The lowest BCUT2D eigenvalue weighted by Gasteiger charge is -2.16. The van der Waals surface area contributed by atoms with Gasteiger partial charge in [-0.05, 0) is 57.1 Å². The Labute approximate surface area is 276 Å². The number of nitro benzene ring substituents is 1. The number of carbonyl (C=O) groups excluding carboxylic acids is 3. The van der Waals surface area contributed by atoms with E-state index in [0.717, 1.165) is 94.9 Å². The molecule has 0 bridgehead atoms. The summed E-state index contributed by atoms with van der Waals surface area (Å²) in [4.78, 5) is 45.6. The molecule has 2 fully saturated rings. The molecule has 0 unspecified atom stereocenters. The topological polar surface area (TPSA) is 186 Å². The van der Waals surface area contributed by atoms with Crippen molar-refractivity contribution in [3.8, 4) is 0 Å². The summed E-state index contributed by atoms with van der Waals surface area (Å²) >= 11 is 1.90. The molecular weight excluding hydrogens is 635 g/mol. The van der Waals surface area contributed by atoms with Crippen molar-refractivity contribution in [3.63, 3.8) is 0 Å². The van der Waals surface area contributed by atoms with Gasteiger partial charge in [0.25, 0.3) is 15.8 Å². The van der Waals surface area contributed by atoms with Crippen molar-refractivity contribution >= 4 is 45.4 Å². The van der Waals surface area contributed by atoms with Crippen LogP contribution in [-0.2, 0) is 23.9 Å². The summed E-state index contributed by atoms with van der Waals surface area (Å²) in [6.07, 6.45) is 12.8. The van der Waals surface area contributed by atoms with Crippen molar-refractivity contribution < 1.29 is 31.9 Å². The molecule has 46 heavy (non-hydrogen) atoms. The number of urea groups is 1. The van der Waals surface area contributed by atoms with Gasteiger partial charge in [0.2, 0.25) is 11.8 Å². The van der Waals surface area contributed by atoms with E-state index < -0.39 is 15.0 Å². The number of rotatable bonds is 24. The molecule has 3 rings (SSSR count). The third-order valence-electron chi connectivity index (χ3n) is 8.20. The molecular formula is C31H49N5O8S2. The van der Waals surface area contributed by atoms with Gasteiger partial charge in [-0.1, -0.05) is 38.5 Å². The van der Waals surface area contributed by atoms with Gasteiger partial charge in [-0.2, -0.15) is 20.2 Å². The Bertz CT molecular complexity index is 1230. The molecule has 2 heterocycles. The molecule has 0 radical (unpaired) electrons. The molecule has 0 spiro atoms. The van der Waals surface area contributed by atoms with Crippen molar-refractivity contribution in [1.29, 1.82) is 0 Å². The Balaban J connectivity index is 1.04. The number of unbranched alkanes of at least 4 members (excludes halogenated alkanes) is 9. The minimum absolute atomic E-state index is 0.0656. The predicted molar refractivity (Wildman–Crippen MR) is 177 cm³/mol. The molecule has 3 atom stereocenters. The van der Waals surface area contributed by atoms with Crippen LogP contribution in [-0.4, -0.2) is 74.0 Å². The molecule has 2 aliphatic rings. The zero-order valence-electron chi connectivity index (χ0n) is 26.5. The predicted octanol–water partition coefficient (Wildman–Crippen LogP) is 4.55. The monoisotopic (exact) mass is 683 g/mol. The maximum Gasteiger partial charge on any atom is 0.315 e. The van der Waals surface area contributed by atoms with Crippen LogP contribution in [0.15, 0.2) is 29.2 Å². The number of carbonyl (C=O) groups is 3. The van der Waals surface area contributed by atoms with Gasteiger partial charge in [0.1, 0.15) is 0 Å². The van der Waals surface area contributed by atoms with Gasteiger partial charge in [0, 0.05) is 49.1 Å². The van der Waals surface area contributed by atoms with Gasteiger partial charge in [-0.3, -0.25) is 23.9 Å². The molecule has 0 saturated carbocycles. The summed E-state index contributed by atoms with van der Waals surface area (Å²) in [6, 6.07) is 5.01. The average Bonchev–Trinajstić information content (AvgIpc) is 3.58. The number of thioether (sulfide) groups is 1. The second-order valence-corrected chi connectivity index (χ2v) is 14.8. The molecule has 13 nitrogen and oxygen atoms in total. The third kappa shape index (κ3) is 13.8. The Morgan fingerprint density at radius 3 is 2.04 bits per heavy atom. The van der Waals surface area contributed by atoms with E-state index in [2.05, 4.69) is 21.3 Å². The maximum atomic E-state index is 12.2. The molecule has 15 heteroatoms. The van der Waals surface area contributed by atoms with E-state index in [0.29, 0.717) is 37.6 Å². The van der Waals surface area contributed by atoms with Crippen molar-refractivity contribution in [1.82, 2.24) is 21.3 Å². The van der Waals surface area contributed by atoms with Gasteiger partial charge >= 0.3 is 6.03 Å². The van der Waals surface area contributed by atoms with E-state index >= 15 is 0 Å². The Morgan fingerprint density at radius 2 is 1.41 bits per heavy atom. The summed E-state index contributed by atoms with van der Waals surface area (Å²) in [7, 11) is -3.93. The first-order valence-electron chi connectivity index (χ1n) is 16.5. The summed E-state index contributed by atoms with van der Waals surface area (Å²) in [5, 5.41) is 23.0. The van der Waals surface area contributed by atoms with Crippen molar-refractivity contribution in [2.24, 2.45) is 0 Å². The van der Waals surface area contributed by atoms with E-state index in [-0.39, 0.29) is 47.1 Å². The van der Waals surface area contributed by atoms with E-state index in [9.17, 15) is 32.9 Å². The number of hydrogen-bond acceptors (Lipinski definition) is 9. The van der Waals surface area contributed by atoms with Crippen LogP contribution in [0.25, 0.3) is 0 Å². The van der Waals surface area contributed by atoms with E-state index in [1.807, 2.05) is 11.8 Å². The molecule has 0 aromatic heterocycles. The van der Waals surface area contributed by atoms with Gasteiger partial charge in [-0.15, -0.1) is 0 Å². The fraction of sp³-hybridized carbons (Fsp3) is 0.710. The number of amides is 4. The quantitative estimate of drug-likeness (QED) is 0.0399. The third-order valence-corrected chi connectivity index (χ3v) is 11.0. The van der Waals surface area contributed by atoms with Crippen LogP contribution in [0, 0.1) is 10.1 Å². The SMILES string of the molecule is O=C(CCCCCCCCCOS(=O)(=O)c1ccc([N+](=O)[O-])cc1)NCCCCCNC(=O)CCCC[C@@H]1SC[C@@H]2NC(=O)N[C@@H]21. The normalized spacial score (nSPS) is 18.9. The Kier molecular flexibility index (Phi) is 16.6. The highest BCUT2D eigenvalue weighted by atomic mass is 32.2. The first-order valence-corrected chi connectivity index (χ1v) is 19.0. The molecule has 0 aliphatic carbocycles.